The molecule has 0 bridgehead atoms. The average Bonchev–Trinajstić information content (AvgIpc) is 3.05. The van der Waals surface area contributed by atoms with Gasteiger partial charge in [-0.25, -0.2) is 4.39 Å². The fraction of sp³-hybridized carbons (Fsp3) is 0.318. The highest BCUT2D eigenvalue weighted by Gasteiger charge is 2.61. The minimum absolute atomic E-state index is 0.0307. The number of carbonyl (C=O) groups excluding carboxylic acids is 3. The molecule has 1 fully saturated rings. The smallest absolute Gasteiger partial charge is 0.267 e. The fourth-order valence-electron chi connectivity index (χ4n) is 4.37. The number of carbonyl (C=O) groups is 3. The largest absolute Gasteiger partial charge is 0.348 e. The number of nitrogens with one attached hydrogen (secondary N) is 1. The van der Waals surface area contributed by atoms with Gasteiger partial charge in [-0.3, -0.25) is 19.3 Å². The summed E-state index contributed by atoms with van der Waals surface area (Å²) >= 11 is 0. The number of nitrogens with zero attached hydrogens (tertiary/aromatic N) is 2. The zero-order valence-electron chi connectivity index (χ0n) is 16.3. The van der Waals surface area contributed by atoms with E-state index in [-0.39, 0.29) is 37.2 Å². The number of para-hydroxylation sites is 1. The predicted molar refractivity (Wildman–Crippen MR) is 105 cm³/mol. The molecule has 150 valence electrons. The molecule has 2 aromatic rings. The molecular formula is C22H22FN3O3. The Hall–Kier alpha value is -3.22. The minimum Gasteiger partial charge on any atom is -0.348 e. The van der Waals surface area contributed by atoms with Crippen molar-refractivity contribution in [3.05, 3.63) is 65.5 Å². The first-order chi connectivity index (χ1) is 13.9. The second-order valence-electron chi connectivity index (χ2n) is 7.61. The Labute approximate surface area is 168 Å². The summed E-state index contributed by atoms with van der Waals surface area (Å²) < 4.78 is 14.0. The molecule has 2 heterocycles. The fourth-order valence-corrected chi connectivity index (χ4v) is 4.37. The maximum atomic E-state index is 14.0. The number of hydrogen-bond acceptors (Lipinski definition) is 3. The van der Waals surface area contributed by atoms with Crippen LogP contribution in [0.3, 0.4) is 0 Å². The van der Waals surface area contributed by atoms with E-state index >= 15 is 0 Å². The summed E-state index contributed by atoms with van der Waals surface area (Å²) in [4.78, 5) is 42.5. The van der Waals surface area contributed by atoms with Gasteiger partial charge >= 0.3 is 0 Å². The van der Waals surface area contributed by atoms with Crippen LogP contribution in [0.15, 0.2) is 48.5 Å². The first-order valence-corrected chi connectivity index (χ1v) is 9.65. The second kappa shape index (κ2) is 6.99. The molecule has 0 spiro atoms. The summed E-state index contributed by atoms with van der Waals surface area (Å²) in [6.45, 7) is 3.61. The van der Waals surface area contributed by atoms with Gasteiger partial charge in [0.25, 0.3) is 11.8 Å². The predicted octanol–water partition coefficient (Wildman–Crippen LogP) is 2.83. The van der Waals surface area contributed by atoms with E-state index in [0.29, 0.717) is 16.8 Å². The van der Waals surface area contributed by atoms with Gasteiger partial charge in [0.15, 0.2) is 0 Å². The lowest BCUT2D eigenvalue weighted by Crippen LogP contribution is -2.71. The Morgan fingerprint density at radius 2 is 1.83 bits per heavy atom. The summed E-state index contributed by atoms with van der Waals surface area (Å²) in [7, 11) is 0. The van der Waals surface area contributed by atoms with Crippen molar-refractivity contribution in [3.8, 4) is 0 Å². The van der Waals surface area contributed by atoms with Crippen LogP contribution in [0, 0.1) is 5.82 Å². The van der Waals surface area contributed by atoms with Crippen LogP contribution in [0.25, 0.3) is 0 Å². The van der Waals surface area contributed by atoms with Crippen molar-refractivity contribution in [2.24, 2.45) is 0 Å². The van der Waals surface area contributed by atoms with Gasteiger partial charge < -0.3 is 10.2 Å². The molecular weight excluding hydrogens is 373 g/mol. The van der Waals surface area contributed by atoms with Gasteiger partial charge in [0.1, 0.15) is 5.82 Å². The zero-order valence-corrected chi connectivity index (χ0v) is 16.3. The number of amides is 3. The van der Waals surface area contributed by atoms with E-state index < -0.39 is 17.4 Å². The van der Waals surface area contributed by atoms with Crippen molar-refractivity contribution in [1.82, 2.24) is 10.2 Å². The molecule has 7 heteroatoms. The number of benzene rings is 2. The summed E-state index contributed by atoms with van der Waals surface area (Å²) in [5.74, 6) is -1.40. The lowest BCUT2D eigenvalue weighted by atomic mass is 9.94. The zero-order chi connectivity index (χ0) is 20.8. The highest BCUT2D eigenvalue weighted by Crippen LogP contribution is 2.45. The van der Waals surface area contributed by atoms with E-state index in [9.17, 15) is 18.8 Å². The summed E-state index contributed by atoms with van der Waals surface area (Å²) in [5, 5.41) is 2.76. The molecule has 0 aliphatic carbocycles. The quantitative estimate of drug-likeness (QED) is 0.866. The SMILES string of the molecule is CC(C)N1C(=O)c2ccccc2N2C(=O)CC[C@@]21C(=O)NCc1ccccc1F. The third kappa shape index (κ3) is 2.80. The molecule has 1 saturated heterocycles. The van der Waals surface area contributed by atoms with Gasteiger partial charge in [0.2, 0.25) is 11.6 Å². The minimum atomic E-state index is -1.46. The normalized spacial score (nSPS) is 20.7. The van der Waals surface area contributed by atoms with E-state index in [4.69, 9.17) is 0 Å². The molecule has 2 aromatic carbocycles. The standard InChI is InChI=1S/C22H22FN3O3/c1-14(2)25-20(28)16-8-4-6-10-18(16)26-19(27)11-12-22(25,26)21(29)24-13-15-7-3-5-9-17(15)23/h3-10,14H,11-13H2,1-2H3,(H,24,29)/t22-/m0/s1. The Balaban J connectivity index is 1.77. The van der Waals surface area contributed by atoms with Crippen LogP contribution in [-0.2, 0) is 16.1 Å². The number of hydrogen-bond donors (Lipinski definition) is 1. The Bertz CT molecular complexity index is 1010. The molecule has 29 heavy (non-hydrogen) atoms. The molecule has 1 N–H and O–H groups in total. The van der Waals surface area contributed by atoms with Crippen molar-refractivity contribution in [2.75, 3.05) is 4.90 Å². The topological polar surface area (TPSA) is 69.7 Å². The Morgan fingerprint density at radius 1 is 1.14 bits per heavy atom. The molecule has 0 saturated carbocycles. The lowest BCUT2D eigenvalue weighted by molar-refractivity contribution is -0.134. The van der Waals surface area contributed by atoms with E-state index in [0.717, 1.165) is 0 Å². The first kappa shape index (κ1) is 19.1. The monoisotopic (exact) mass is 395 g/mol. The number of fused-ring (bicyclic) bond motifs is 3. The average molecular weight is 395 g/mol. The summed E-state index contributed by atoms with van der Waals surface area (Å²) in [6.07, 6.45) is 0.338. The van der Waals surface area contributed by atoms with Crippen LogP contribution in [-0.4, -0.2) is 34.3 Å². The maximum Gasteiger partial charge on any atom is 0.267 e. The van der Waals surface area contributed by atoms with Gasteiger partial charge in [0, 0.05) is 31.0 Å². The van der Waals surface area contributed by atoms with Gasteiger partial charge in [-0.1, -0.05) is 30.3 Å². The molecule has 0 unspecified atom stereocenters. The van der Waals surface area contributed by atoms with E-state index in [1.807, 2.05) is 13.8 Å². The molecule has 3 amide bonds. The highest BCUT2D eigenvalue weighted by molar-refractivity contribution is 6.16. The highest BCUT2D eigenvalue weighted by atomic mass is 19.1. The van der Waals surface area contributed by atoms with Crippen LogP contribution in [0.5, 0.6) is 0 Å². The first-order valence-electron chi connectivity index (χ1n) is 9.65. The van der Waals surface area contributed by atoms with Crippen LogP contribution >= 0.6 is 0 Å². The van der Waals surface area contributed by atoms with Gasteiger partial charge in [0.05, 0.1) is 11.3 Å². The Morgan fingerprint density at radius 3 is 2.55 bits per heavy atom. The number of halogens is 1. The third-order valence-corrected chi connectivity index (χ3v) is 5.58. The van der Waals surface area contributed by atoms with Gasteiger partial charge in [-0.2, -0.15) is 0 Å². The van der Waals surface area contributed by atoms with E-state index in [1.165, 1.54) is 15.9 Å². The summed E-state index contributed by atoms with van der Waals surface area (Å²) in [6, 6.07) is 12.7. The van der Waals surface area contributed by atoms with E-state index in [1.54, 1.807) is 42.5 Å². The summed E-state index contributed by atoms with van der Waals surface area (Å²) in [5.41, 5.74) is -0.277. The lowest BCUT2D eigenvalue weighted by Gasteiger charge is -2.50. The Kier molecular flexibility index (Phi) is 4.61. The van der Waals surface area contributed by atoms with E-state index in [2.05, 4.69) is 5.32 Å². The van der Waals surface area contributed by atoms with Crippen molar-refractivity contribution >= 4 is 23.4 Å². The molecule has 0 radical (unpaired) electrons. The molecule has 2 aliphatic heterocycles. The second-order valence-corrected chi connectivity index (χ2v) is 7.61. The van der Waals surface area contributed by atoms with Crippen molar-refractivity contribution < 1.29 is 18.8 Å². The van der Waals surface area contributed by atoms with Crippen molar-refractivity contribution in [3.63, 3.8) is 0 Å². The maximum absolute atomic E-state index is 14.0. The molecule has 6 nitrogen and oxygen atoms in total. The molecule has 4 rings (SSSR count). The van der Waals surface area contributed by atoms with Gasteiger partial charge in [-0.05, 0) is 32.0 Å². The van der Waals surface area contributed by atoms with Crippen LogP contribution < -0.4 is 10.2 Å². The molecule has 1 atom stereocenters. The number of anilines is 1. The number of rotatable bonds is 4. The third-order valence-electron chi connectivity index (χ3n) is 5.58. The van der Waals surface area contributed by atoms with Crippen molar-refractivity contribution in [1.29, 1.82) is 0 Å². The van der Waals surface area contributed by atoms with Gasteiger partial charge in [-0.15, -0.1) is 0 Å². The molecule has 0 aromatic heterocycles. The van der Waals surface area contributed by atoms with Crippen molar-refractivity contribution in [2.45, 2.75) is 44.9 Å². The van der Waals surface area contributed by atoms with Crippen LogP contribution in [0.2, 0.25) is 0 Å². The van der Waals surface area contributed by atoms with Crippen LogP contribution in [0.4, 0.5) is 10.1 Å². The molecule has 2 aliphatic rings. The van der Waals surface area contributed by atoms with Crippen LogP contribution in [0.1, 0.15) is 42.6 Å².